The number of carbonyl (C=O) groups excluding carboxylic acids is 1. The number of fused-ring (bicyclic) bond motifs is 1. The minimum absolute atomic E-state index is 0.0422. The number of nitrogens with zero attached hydrogens (tertiary/aromatic N) is 1. The van der Waals surface area contributed by atoms with Crippen LogP contribution in [-0.2, 0) is 36.3 Å². The molecule has 2 atom stereocenters. The van der Waals surface area contributed by atoms with Crippen molar-refractivity contribution in [3.8, 4) is 11.1 Å². The van der Waals surface area contributed by atoms with Crippen LogP contribution in [0.3, 0.4) is 0 Å². The monoisotopic (exact) mass is 605 g/mol. The molecule has 0 aliphatic heterocycles. The molecule has 0 radical (unpaired) electrons. The molecule has 0 bridgehead atoms. The first kappa shape index (κ1) is 31.6. The Morgan fingerprint density at radius 2 is 1.52 bits per heavy atom. The van der Waals surface area contributed by atoms with Gasteiger partial charge in [0.15, 0.2) is 19.7 Å². The highest BCUT2D eigenvalue weighted by Crippen LogP contribution is 2.39. The maximum Gasteiger partial charge on any atom is 0.175 e. The molecule has 4 aromatic rings. The maximum atomic E-state index is 14.0. The van der Waals surface area contributed by atoms with Crippen LogP contribution in [0.25, 0.3) is 22.0 Å². The quantitative estimate of drug-likeness (QED) is 0.206. The summed E-state index contributed by atoms with van der Waals surface area (Å²) in [5.74, 6) is 0.0422. The molecule has 0 fully saturated rings. The van der Waals surface area contributed by atoms with E-state index in [0.29, 0.717) is 12.8 Å². The summed E-state index contributed by atoms with van der Waals surface area (Å²) in [7, 11) is -6.71. The largest absolute Gasteiger partial charge is 0.298 e. The summed E-state index contributed by atoms with van der Waals surface area (Å²) >= 11 is 0. The Kier molecular flexibility index (Phi) is 8.55. The van der Waals surface area contributed by atoms with Crippen LogP contribution in [-0.4, -0.2) is 40.1 Å². The van der Waals surface area contributed by atoms with Crippen molar-refractivity contribution in [2.45, 2.75) is 63.0 Å². The van der Waals surface area contributed by atoms with Crippen LogP contribution in [0, 0.1) is 5.41 Å². The molecule has 0 saturated heterocycles. The first-order valence-electron chi connectivity index (χ1n) is 14.0. The van der Waals surface area contributed by atoms with Crippen molar-refractivity contribution in [3.05, 3.63) is 95.7 Å². The summed E-state index contributed by atoms with van der Waals surface area (Å²) in [6.07, 6.45) is 5.00. The van der Waals surface area contributed by atoms with Crippen LogP contribution in [0.4, 0.5) is 0 Å². The topological polar surface area (TPSA) is 98.2 Å². The molecule has 1 aromatic heterocycles. The Morgan fingerprint density at radius 3 is 2.10 bits per heavy atom. The van der Waals surface area contributed by atoms with Gasteiger partial charge in [-0.25, -0.2) is 16.8 Å². The van der Waals surface area contributed by atoms with E-state index in [9.17, 15) is 21.6 Å². The first-order chi connectivity index (χ1) is 19.4. The molecule has 0 amide bonds. The summed E-state index contributed by atoms with van der Waals surface area (Å²) in [5, 5.41) is 0.225. The van der Waals surface area contributed by atoms with E-state index in [1.54, 1.807) is 30.5 Å². The third-order valence-corrected chi connectivity index (χ3v) is 10.7. The Labute approximate surface area is 250 Å². The Morgan fingerprint density at radius 1 is 0.857 bits per heavy atom. The highest BCUT2D eigenvalue weighted by molar-refractivity contribution is 7.91. The van der Waals surface area contributed by atoms with Gasteiger partial charge in [0, 0.05) is 35.1 Å². The zero-order chi connectivity index (χ0) is 31.1. The van der Waals surface area contributed by atoms with E-state index in [4.69, 9.17) is 0 Å². The fourth-order valence-corrected chi connectivity index (χ4v) is 7.74. The molecule has 8 heteroatoms. The fraction of sp³-hybridized carbons (Fsp3) is 0.353. The summed E-state index contributed by atoms with van der Waals surface area (Å²) in [5.41, 5.74) is 3.28. The summed E-state index contributed by atoms with van der Waals surface area (Å²) in [6.45, 7) is 9.46. The van der Waals surface area contributed by atoms with Gasteiger partial charge in [0.05, 0.1) is 21.1 Å². The van der Waals surface area contributed by atoms with E-state index in [-0.39, 0.29) is 10.7 Å². The second kappa shape index (κ2) is 11.4. The number of ketones is 1. The molecule has 6 nitrogen and oxygen atoms in total. The third kappa shape index (κ3) is 6.50. The van der Waals surface area contributed by atoms with Gasteiger partial charge in [0.1, 0.15) is 5.78 Å². The van der Waals surface area contributed by atoms with Crippen LogP contribution in [0.2, 0.25) is 0 Å². The second-order valence-corrected chi connectivity index (χ2v) is 16.7. The number of Topliss-reactive ketones (excluding diaryl/α,β-unsaturated/α-hetero) is 1. The van der Waals surface area contributed by atoms with Crippen LogP contribution >= 0.6 is 0 Å². The van der Waals surface area contributed by atoms with Crippen LogP contribution in [0.15, 0.2) is 83.9 Å². The number of hydrogen-bond donors (Lipinski definition) is 0. The number of pyridine rings is 1. The molecule has 0 spiro atoms. The molecule has 222 valence electrons. The molecule has 3 aromatic carbocycles. The smallest absolute Gasteiger partial charge is 0.175 e. The van der Waals surface area contributed by atoms with Crippen molar-refractivity contribution in [1.82, 2.24) is 4.98 Å². The average molecular weight is 606 g/mol. The average Bonchev–Trinajstić information content (AvgIpc) is 2.91. The molecule has 0 N–H and O–H groups in total. The van der Waals surface area contributed by atoms with Crippen molar-refractivity contribution < 1.29 is 21.6 Å². The van der Waals surface area contributed by atoms with E-state index in [0.717, 1.165) is 38.7 Å². The lowest BCUT2D eigenvalue weighted by molar-refractivity contribution is -0.131. The number of aromatic nitrogens is 1. The van der Waals surface area contributed by atoms with E-state index in [1.165, 1.54) is 12.5 Å². The zero-order valence-corrected chi connectivity index (χ0v) is 26.9. The number of carbonyl (C=O) groups is 1. The Hall–Kier alpha value is -3.36. The van der Waals surface area contributed by atoms with Gasteiger partial charge in [-0.2, -0.15) is 0 Å². The van der Waals surface area contributed by atoms with Gasteiger partial charge < -0.3 is 0 Å². The highest BCUT2D eigenvalue weighted by atomic mass is 32.2. The predicted molar refractivity (Wildman–Crippen MR) is 170 cm³/mol. The second-order valence-electron chi connectivity index (χ2n) is 12.5. The lowest BCUT2D eigenvalue weighted by Gasteiger charge is -2.35. The molecule has 42 heavy (non-hydrogen) atoms. The molecule has 0 saturated carbocycles. The molecular weight excluding hydrogens is 567 g/mol. The van der Waals surface area contributed by atoms with Gasteiger partial charge in [-0.05, 0) is 72.4 Å². The van der Waals surface area contributed by atoms with Crippen molar-refractivity contribution in [1.29, 1.82) is 0 Å². The van der Waals surface area contributed by atoms with Crippen molar-refractivity contribution in [2.75, 3.05) is 12.5 Å². The molecule has 2 unspecified atom stereocenters. The lowest BCUT2D eigenvalue weighted by Crippen LogP contribution is -2.42. The summed E-state index contributed by atoms with van der Waals surface area (Å²) < 4.78 is 49.4. The van der Waals surface area contributed by atoms with Gasteiger partial charge in [0.2, 0.25) is 0 Å². The van der Waals surface area contributed by atoms with Crippen LogP contribution in [0.1, 0.15) is 63.0 Å². The minimum atomic E-state index is -3.38. The number of sulfone groups is 2. The standard InChI is InChI=1S/C34H39NO5S2/c1-8-30(42(7,39)40)26-20-25-13-10-18-35-31(25)29(21-26)24-12-9-11-23(19-24)22-34(5,32(36)33(2,3)4)27-14-16-28(17-15-27)41(6,37)38/h9-21,30H,8,22H2,1-7H3. The van der Waals surface area contributed by atoms with Gasteiger partial charge in [-0.1, -0.05) is 70.2 Å². The van der Waals surface area contributed by atoms with Crippen molar-refractivity contribution in [3.63, 3.8) is 0 Å². The fourth-order valence-electron chi connectivity index (χ4n) is 5.88. The van der Waals surface area contributed by atoms with Crippen molar-refractivity contribution >= 4 is 36.4 Å². The third-order valence-electron chi connectivity index (χ3n) is 7.88. The van der Waals surface area contributed by atoms with E-state index in [2.05, 4.69) is 4.98 Å². The van der Waals surface area contributed by atoms with E-state index < -0.39 is 35.8 Å². The molecule has 0 aliphatic carbocycles. The summed E-state index contributed by atoms with van der Waals surface area (Å²) in [6, 6.07) is 22.1. The van der Waals surface area contributed by atoms with Crippen LogP contribution < -0.4 is 0 Å². The number of rotatable bonds is 9. The zero-order valence-electron chi connectivity index (χ0n) is 25.3. The van der Waals surface area contributed by atoms with E-state index >= 15 is 0 Å². The first-order valence-corrected chi connectivity index (χ1v) is 17.8. The summed E-state index contributed by atoms with van der Waals surface area (Å²) in [4.78, 5) is 18.8. The van der Waals surface area contributed by atoms with Crippen LogP contribution in [0.5, 0.6) is 0 Å². The highest BCUT2D eigenvalue weighted by Gasteiger charge is 2.41. The number of hydrogen-bond acceptors (Lipinski definition) is 6. The maximum absolute atomic E-state index is 14.0. The van der Waals surface area contributed by atoms with Crippen molar-refractivity contribution in [2.24, 2.45) is 5.41 Å². The normalized spacial score (nSPS) is 14.8. The number of benzene rings is 3. The predicted octanol–water partition coefficient (Wildman–Crippen LogP) is 6.92. The molecule has 1 heterocycles. The van der Waals surface area contributed by atoms with Gasteiger partial charge >= 0.3 is 0 Å². The molecule has 4 rings (SSSR count). The molecular formula is C34H39NO5S2. The van der Waals surface area contributed by atoms with Gasteiger partial charge in [0.25, 0.3) is 0 Å². The Balaban J connectivity index is 1.86. The molecule has 0 aliphatic rings. The Bertz CT molecular complexity index is 1850. The van der Waals surface area contributed by atoms with Gasteiger partial charge in [-0.3, -0.25) is 9.78 Å². The minimum Gasteiger partial charge on any atom is -0.298 e. The van der Waals surface area contributed by atoms with E-state index in [1.807, 2.05) is 83.1 Å². The SMILES string of the molecule is CCC(c1cc(-c2cccc(CC(C)(C(=O)C(C)(C)C)c3ccc(S(C)(=O)=O)cc3)c2)c2ncccc2c1)S(C)(=O)=O. The lowest BCUT2D eigenvalue weighted by atomic mass is 9.66. The van der Waals surface area contributed by atoms with Gasteiger partial charge in [-0.15, -0.1) is 0 Å².